The van der Waals surface area contributed by atoms with Crippen molar-refractivity contribution >= 4 is 0 Å². The lowest BCUT2D eigenvalue weighted by atomic mass is 9.89. The summed E-state index contributed by atoms with van der Waals surface area (Å²) < 4.78 is 0. The fourth-order valence-electron chi connectivity index (χ4n) is 1.07. The largest absolute Gasteiger partial charge is 0.394 e. The van der Waals surface area contributed by atoms with E-state index in [1.807, 2.05) is 0 Å². The molecular weight excluding hydrogens is 146 g/mol. The summed E-state index contributed by atoms with van der Waals surface area (Å²) in [7, 11) is 0. The highest BCUT2D eigenvalue weighted by Gasteiger charge is 2.28. The van der Waals surface area contributed by atoms with Gasteiger partial charge < -0.3 is 20.6 Å². The van der Waals surface area contributed by atoms with Crippen LogP contribution in [0.25, 0.3) is 0 Å². The summed E-state index contributed by atoms with van der Waals surface area (Å²) in [6.45, 7) is 0.133. The summed E-state index contributed by atoms with van der Waals surface area (Å²) in [5, 5.41) is 29.4. The maximum Gasteiger partial charge on any atom is 0.0895 e. The Morgan fingerprint density at radius 3 is 2.55 bits per heavy atom. The van der Waals surface area contributed by atoms with Gasteiger partial charge in [-0.2, -0.15) is 0 Å². The summed E-state index contributed by atoms with van der Waals surface area (Å²) in [5.41, 5.74) is 0. The van der Waals surface area contributed by atoms with E-state index in [1.54, 1.807) is 0 Å². The van der Waals surface area contributed by atoms with Gasteiger partial charge in [-0.25, -0.2) is 0 Å². The number of aliphatic hydroxyl groups is 3. The van der Waals surface area contributed by atoms with Crippen molar-refractivity contribution in [1.82, 2.24) is 5.32 Å². The van der Waals surface area contributed by atoms with Crippen LogP contribution < -0.4 is 5.32 Å². The molecule has 0 heterocycles. The highest BCUT2D eigenvalue weighted by molar-refractivity contribution is 4.86. The van der Waals surface area contributed by atoms with Crippen molar-refractivity contribution in [2.75, 3.05) is 13.2 Å². The Kier molecular flexibility index (Phi) is 3.26. The summed E-state index contributed by atoms with van der Waals surface area (Å²) in [6.07, 6.45) is 0.829. The zero-order valence-corrected chi connectivity index (χ0v) is 6.40. The third kappa shape index (κ3) is 2.41. The monoisotopic (exact) mass is 161 g/mol. The average Bonchev–Trinajstić information content (AvgIpc) is 2.01. The normalized spacial score (nSPS) is 33.0. The first-order valence-corrected chi connectivity index (χ1v) is 3.94. The van der Waals surface area contributed by atoms with E-state index in [9.17, 15) is 0 Å². The Hall–Kier alpha value is -0.160. The second-order valence-corrected chi connectivity index (χ2v) is 3.00. The molecule has 0 bridgehead atoms. The van der Waals surface area contributed by atoms with Crippen LogP contribution in [0.15, 0.2) is 0 Å². The van der Waals surface area contributed by atoms with Gasteiger partial charge in [0.2, 0.25) is 0 Å². The maximum atomic E-state index is 9.09. The first kappa shape index (κ1) is 8.93. The summed E-state index contributed by atoms with van der Waals surface area (Å²) in [6, 6.07) is 0.121. The molecule has 0 aliphatic heterocycles. The molecule has 0 amide bonds. The van der Waals surface area contributed by atoms with Gasteiger partial charge in [-0.15, -0.1) is 0 Å². The van der Waals surface area contributed by atoms with Crippen molar-refractivity contribution in [2.45, 2.75) is 31.1 Å². The molecule has 1 aliphatic rings. The van der Waals surface area contributed by atoms with Gasteiger partial charge >= 0.3 is 0 Å². The molecule has 4 heteroatoms. The van der Waals surface area contributed by atoms with Gasteiger partial charge in [-0.05, 0) is 12.8 Å². The van der Waals surface area contributed by atoms with E-state index < -0.39 is 6.10 Å². The fraction of sp³-hybridized carbons (Fsp3) is 1.00. The minimum Gasteiger partial charge on any atom is -0.394 e. The Bertz CT molecular complexity index is 120. The Morgan fingerprint density at radius 2 is 2.18 bits per heavy atom. The van der Waals surface area contributed by atoms with Crippen LogP contribution in [0, 0.1) is 0 Å². The van der Waals surface area contributed by atoms with Crippen molar-refractivity contribution in [3.63, 3.8) is 0 Å². The molecule has 66 valence electrons. The van der Waals surface area contributed by atoms with Gasteiger partial charge in [0.25, 0.3) is 0 Å². The van der Waals surface area contributed by atoms with Gasteiger partial charge in [0.15, 0.2) is 0 Å². The predicted octanol–water partition coefficient (Wildman–Crippen LogP) is -1.55. The number of nitrogens with one attached hydrogen (secondary N) is 1. The van der Waals surface area contributed by atoms with Crippen LogP contribution >= 0.6 is 0 Å². The van der Waals surface area contributed by atoms with Crippen LogP contribution in [0.1, 0.15) is 12.8 Å². The minimum absolute atomic E-state index is 0.121. The first-order valence-electron chi connectivity index (χ1n) is 3.94. The van der Waals surface area contributed by atoms with E-state index in [0.29, 0.717) is 6.54 Å². The molecule has 0 saturated heterocycles. The molecule has 4 N–H and O–H groups in total. The third-order valence-corrected chi connectivity index (χ3v) is 2.06. The Balaban J connectivity index is 2.02. The van der Waals surface area contributed by atoms with E-state index in [-0.39, 0.29) is 18.8 Å². The Labute approximate surface area is 65.9 Å². The molecular formula is C7H15NO3. The predicted molar refractivity (Wildman–Crippen MR) is 40.1 cm³/mol. The van der Waals surface area contributed by atoms with Gasteiger partial charge in [0.1, 0.15) is 0 Å². The molecule has 1 fully saturated rings. The van der Waals surface area contributed by atoms with Gasteiger partial charge in [0, 0.05) is 12.6 Å². The lowest BCUT2D eigenvalue weighted by Gasteiger charge is -2.33. The number of hydrogen-bond acceptors (Lipinski definition) is 4. The lowest BCUT2D eigenvalue weighted by molar-refractivity contribution is 0.0341. The molecule has 0 aromatic carbocycles. The molecule has 0 radical (unpaired) electrons. The van der Waals surface area contributed by atoms with Gasteiger partial charge in [-0.1, -0.05) is 0 Å². The van der Waals surface area contributed by atoms with Crippen molar-refractivity contribution < 1.29 is 15.3 Å². The van der Waals surface area contributed by atoms with Crippen molar-refractivity contribution in [1.29, 1.82) is 0 Å². The summed E-state index contributed by atoms with van der Waals surface area (Å²) in [4.78, 5) is 0. The molecule has 3 atom stereocenters. The number of aliphatic hydroxyl groups excluding tert-OH is 3. The maximum absolute atomic E-state index is 9.09. The first-order chi connectivity index (χ1) is 5.24. The SMILES string of the molecule is OCC(O)CN[C@@H]1CC[C@H]1O. The highest BCUT2D eigenvalue weighted by Crippen LogP contribution is 2.18. The van der Waals surface area contributed by atoms with Crippen LogP contribution in [-0.4, -0.2) is 46.7 Å². The smallest absolute Gasteiger partial charge is 0.0895 e. The fourth-order valence-corrected chi connectivity index (χ4v) is 1.07. The number of rotatable bonds is 4. The van der Waals surface area contributed by atoms with E-state index in [4.69, 9.17) is 15.3 Å². The summed E-state index contributed by atoms with van der Waals surface area (Å²) >= 11 is 0. The third-order valence-electron chi connectivity index (χ3n) is 2.06. The van der Waals surface area contributed by atoms with E-state index in [1.165, 1.54) is 0 Å². The molecule has 1 rings (SSSR count). The molecule has 1 unspecified atom stereocenters. The van der Waals surface area contributed by atoms with Crippen molar-refractivity contribution in [3.05, 3.63) is 0 Å². The van der Waals surface area contributed by atoms with Crippen molar-refractivity contribution in [2.24, 2.45) is 0 Å². The molecule has 0 aromatic rings. The van der Waals surface area contributed by atoms with E-state index in [0.717, 1.165) is 12.8 Å². The summed E-state index contributed by atoms with van der Waals surface area (Å²) in [5.74, 6) is 0. The zero-order valence-electron chi connectivity index (χ0n) is 6.40. The van der Waals surface area contributed by atoms with Crippen LogP contribution in [0.2, 0.25) is 0 Å². The zero-order chi connectivity index (χ0) is 8.27. The molecule has 4 nitrogen and oxygen atoms in total. The van der Waals surface area contributed by atoms with Crippen LogP contribution in [0.5, 0.6) is 0 Å². The van der Waals surface area contributed by atoms with E-state index in [2.05, 4.69) is 5.32 Å². The quantitative estimate of drug-likeness (QED) is 0.403. The van der Waals surface area contributed by atoms with Crippen LogP contribution in [0.4, 0.5) is 0 Å². The van der Waals surface area contributed by atoms with Crippen molar-refractivity contribution in [3.8, 4) is 0 Å². The second kappa shape index (κ2) is 4.01. The number of hydrogen-bond donors (Lipinski definition) is 4. The average molecular weight is 161 g/mol. The van der Waals surface area contributed by atoms with Gasteiger partial charge in [0.05, 0.1) is 18.8 Å². The molecule has 0 aromatic heterocycles. The van der Waals surface area contributed by atoms with Gasteiger partial charge in [-0.3, -0.25) is 0 Å². The van der Waals surface area contributed by atoms with E-state index >= 15 is 0 Å². The topological polar surface area (TPSA) is 72.7 Å². The molecule has 1 aliphatic carbocycles. The second-order valence-electron chi connectivity index (χ2n) is 3.00. The molecule has 11 heavy (non-hydrogen) atoms. The highest BCUT2D eigenvalue weighted by atomic mass is 16.3. The minimum atomic E-state index is -0.706. The molecule has 0 spiro atoms. The lowest BCUT2D eigenvalue weighted by Crippen LogP contribution is -2.50. The Morgan fingerprint density at radius 1 is 1.45 bits per heavy atom. The van der Waals surface area contributed by atoms with Crippen LogP contribution in [-0.2, 0) is 0 Å². The van der Waals surface area contributed by atoms with Crippen LogP contribution in [0.3, 0.4) is 0 Å². The standard InChI is InChI=1S/C7H15NO3/c9-4-5(10)3-8-6-1-2-7(6)11/h5-11H,1-4H2/t5?,6-,7-/m1/s1. The molecule has 1 saturated carbocycles.